The number of ether oxygens (including phenoxy) is 2. The van der Waals surface area contributed by atoms with Gasteiger partial charge in [0.2, 0.25) is 0 Å². The summed E-state index contributed by atoms with van der Waals surface area (Å²) in [4.78, 5) is 11.2. The van der Waals surface area contributed by atoms with Crippen molar-refractivity contribution < 1.29 is 14.3 Å². The third kappa shape index (κ3) is 4.48. The molecule has 1 fully saturated rings. The van der Waals surface area contributed by atoms with Gasteiger partial charge in [0.1, 0.15) is 0 Å². The molecule has 0 aromatic heterocycles. The van der Waals surface area contributed by atoms with Gasteiger partial charge in [0.25, 0.3) is 0 Å². The molecule has 2 N–H and O–H groups in total. The maximum Gasteiger partial charge on any atom is 0.314 e. The van der Waals surface area contributed by atoms with Gasteiger partial charge in [-0.2, -0.15) is 0 Å². The van der Waals surface area contributed by atoms with Crippen molar-refractivity contribution in [1.29, 1.82) is 0 Å². The number of hydrogen-bond donors (Lipinski definition) is 2. The second kappa shape index (κ2) is 5.92. The smallest absolute Gasteiger partial charge is 0.314 e. The molecule has 1 saturated heterocycles. The first-order valence-electron chi connectivity index (χ1n) is 5.46. The van der Waals surface area contributed by atoms with Gasteiger partial charge in [0.05, 0.1) is 13.2 Å². The highest BCUT2D eigenvalue weighted by molar-refractivity contribution is 5.73. The average Bonchev–Trinajstić information content (AvgIpc) is 2.62. The molecule has 0 radical (unpaired) electrons. The standard InChI is InChI=1S/C10H20N2O3/c1-3-5-11-9(13)12-6-4-10(2)14-7-8-15-10/h3-8H2,1-2H3,(H2,11,12,13). The predicted molar refractivity (Wildman–Crippen MR) is 56.6 cm³/mol. The molecule has 5 nitrogen and oxygen atoms in total. The molecule has 0 unspecified atom stereocenters. The minimum Gasteiger partial charge on any atom is -0.348 e. The summed E-state index contributed by atoms with van der Waals surface area (Å²) >= 11 is 0. The molecule has 0 spiro atoms. The Morgan fingerprint density at radius 2 is 1.87 bits per heavy atom. The van der Waals surface area contributed by atoms with Crippen molar-refractivity contribution in [3.8, 4) is 0 Å². The van der Waals surface area contributed by atoms with Gasteiger partial charge < -0.3 is 20.1 Å². The summed E-state index contributed by atoms with van der Waals surface area (Å²) in [7, 11) is 0. The van der Waals surface area contributed by atoms with Crippen LogP contribution in [0.25, 0.3) is 0 Å². The molecule has 0 bridgehead atoms. The second-order valence-electron chi connectivity index (χ2n) is 3.76. The molecule has 0 saturated carbocycles. The average molecular weight is 216 g/mol. The van der Waals surface area contributed by atoms with Crippen molar-refractivity contribution >= 4 is 6.03 Å². The lowest BCUT2D eigenvalue weighted by Gasteiger charge is -2.22. The van der Waals surface area contributed by atoms with Gasteiger partial charge in [-0.15, -0.1) is 0 Å². The summed E-state index contributed by atoms with van der Waals surface area (Å²) in [6.07, 6.45) is 1.61. The van der Waals surface area contributed by atoms with E-state index in [0.29, 0.717) is 32.7 Å². The molecule has 0 aromatic carbocycles. The summed E-state index contributed by atoms with van der Waals surface area (Å²) < 4.78 is 10.8. The zero-order chi connectivity index (χ0) is 11.1. The maximum absolute atomic E-state index is 11.2. The predicted octanol–water partition coefficient (Wildman–Crippen LogP) is 0.849. The molecule has 5 heteroatoms. The van der Waals surface area contributed by atoms with Crippen LogP contribution in [0.4, 0.5) is 4.79 Å². The Bertz CT molecular complexity index is 203. The van der Waals surface area contributed by atoms with Crippen molar-refractivity contribution in [1.82, 2.24) is 10.6 Å². The zero-order valence-corrected chi connectivity index (χ0v) is 9.47. The molecule has 15 heavy (non-hydrogen) atoms. The van der Waals surface area contributed by atoms with Gasteiger partial charge in [-0.25, -0.2) is 4.79 Å². The lowest BCUT2D eigenvalue weighted by atomic mass is 10.2. The van der Waals surface area contributed by atoms with E-state index in [1.807, 2.05) is 13.8 Å². The van der Waals surface area contributed by atoms with Crippen molar-refractivity contribution in [2.45, 2.75) is 32.5 Å². The van der Waals surface area contributed by atoms with Crippen LogP contribution in [0.1, 0.15) is 26.7 Å². The van der Waals surface area contributed by atoms with Crippen LogP contribution in [-0.4, -0.2) is 38.1 Å². The van der Waals surface area contributed by atoms with E-state index >= 15 is 0 Å². The topological polar surface area (TPSA) is 59.6 Å². The van der Waals surface area contributed by atoms with Crippen LogP contribution in [0.15, 0.2) is 0 Å². The summed E-state index contributed by atoms with van der Waals surface area (Å²) in [5, 5.41) is 5.50. The Morgan fingerprint density at radius 1 is 1.27 bits per heavy atom. The first kappa shape index (κ1) is 12.3. The number of carbonyl (C=O) groups is 1. The highest BCUT2D eigenvalue weighted by Gasteiger charge is 2.30. The fourth-order valence-corrected chi connectivity index (χ4v) is 1.41. The Hall–Kier alpha value is -0.810. The van der Waals surface area contributed by atoms with Crippen LogP contribution in [0, 0.1) is 0 Å². The third-order valence-electron chi connectivity index (χ3n) is 2.30. The summed E-state index contributed by atoms with van der Waals surface area (Å²) in [6, 6.07) is -0.126. The van der Waals surface area contributed by atoms with Crippen LogP contribution in [-0.2, 0) is 9.47 Å². The molecule has 0 aliphatic carbocycles. The Morgan fingerprint density at radius 3 is 2.47 bits per heavy atom. The largest absolute Gasteiger partial charge is 0.348 e. The Kier molecular flexibility index (Phi) is 4.84. The van der Waals surface area contributed by atoms with Crippen LogP contribution in [0.3, 0.4) is 0 Å². The molecule has 1 aliphatic rings. The van der Waals surface area contributed by atoms with Crippen molar-refractivity contribution in [2.75, 3.05) is 26.3 Å². The molecule has 1 heterocycles. The molecular formula is C10H20N2O3. The summed E-state index contributed by atoms with van der Waals surface area (Å²) in [5.74, 6) is -0.516. The summed E-state index contributed by atoms with van der Waals surface area (Å²) in [5.41, 5.74) is 0. The number of carbonyl (C=O) groups excluding carboxylic acids is 1. The first-order valence-corrected chi connectivity index (χ1v) is 5.46. The van der Waals surface area contributed by atoms with Gasteiger partial charge in [0, 0.05) is 19.5 Å². The molecule has 0 atom stereocenters. The van der Waals surface area contributed by atoms with E-state index in [1.54, 1.807) is 0 Å². The number of nitrogens with one attached hydrogen (secondary N) is 2. The number of hydrogen-bond acceptors (Lipinski definition) is 3. The third-order valence-corrected chi connectivity index (χ3v) is 2.30. The quantitative estimate of drug-likeness (QED) is 0.716. The van der Waals surface area contributed by atoms with E-state index in [-0.39, 0.29) is 6.03 Å². The van der Waals surface area contributed by atoms with Gasteiger partial charge in [0.15, 0.2) is 5.79 Å². The fraction of sp³-hybridized carbons (Fsp3) is 0.900. The highest BCUT2D eigenvalue weighted by atomic mass is 16.7. The monoisotopic (exact) mass is 216 g/mol. The van der Waals surface area contributed by atoms with E-state index in [2.05, 4.69) is 10.6 Å². The number of amides is 2. The fourth-order valence-electron chi connectivity index (χ4n) is 1.41. The lowest BCUT2D eigenvalue weighted by Crippen LogP contribution is -2.39. The van der Waals surface area contributed by atoms with Crippen LogP contribution < -0.4 is 10.6 Å². The van der Waals surface area contributed by atoms with E-state index in [9.17, 15) is 4.79 Å². The van der Waals surface area contributed by atoms with Crippen molar-refractivity contribution in [3.63, 3.8) is 0 Å². The van der Waals surface area contributed by atoms with Gasteiger partial charge in [-0.1, -0.05) is 6.92 Å². The molecule has 2 amide bonds. The van der Waals surface area contributed by atoms with Gasteiger partial charge >= 0.3 is 6.03 Å². The van der Waals surface area contributed by atoms with E-state index in [4.69, 9.17) is 9.47 Å². The van der Waals surface area contributed by atoms with Crippen LogP contribution in [0.2, 0.25) is 0 Å². The second-order valence-corrected chi connectivity index (χ2v) is 3.76. The molecule has 0 aromatic rings. The Labute approximate surface area is 90.5 Å². The SMILES string of the molecule is CCCNC(=O)NCCC1(C)OCCO1. The maximum atomic E-state index is 11.2. The van der Waals surface area contributed by atoms with Crippen molar-refractivity contribution in [2.24, 2.45) is 0 Å². The Balaban J connectivity index is 2.07. The van der Waals surface area contributed by atoms with Gasteiger partial charge in [-0.3, -0.25) is 0 Å². The molecule has 88 valence electrons. The first-order chi connectivity index (χ1) is 7.16. The number of rotatable bonds is 5. The van der Waals surface area contributed by atoms with Crippen molar-refractivity contribution in [3.05, 3.63) is 0 Å². The molecular weight excluding hydrogens is 196 g/mol. The lowest BCUT2D eigenvalue weighted by molar-refractivity contribution is -0.145. The van der Waals surface area contributed by atoms with E-state index in [0.717, 1.165) is 6.42 Å². The zero-order valence-electron chi connectivity index (χ0n) is 9.47. The summed E-state index contributed by atoms with van der Waals surface area (Å²) in [6.45, 7) is 6.45. The van der Waals surface area contributed by atoms with Gasteiger partial charge in [-0.05, 0) is 13.3 Å². The number of urea groups is 1. The normalized spacial score (nSPS) is 18.8. The van der Waals surface area contributed by atoms with Crippen LogP contribution >= 0.6 is 0 Å². The highest BCUT2D eigenvalue weighted by Crippen LogP contribution is 2.21. The van der Waals surface area contributed by atoms with Crippen LogP contribution in [0.5, 0.6) is 0 Å². The minimum absolute atomic E-state index is 0.126. The molecule has 1 rings (SSSR count). The minimum atomic E-state index is -0.516. The van der Waals surface area contributed by atoms with E-state index in [1.165, 1.54) is 0 Å². The van der Waals surface area contributed by atoms with E-state index < -0.39 is 5.79 Å². The molecule has 1 aliphatic heterocycles.